The first-order valence-corrected chi connectivity index (χ1v) is 7.37. The topological polar surface area (TPSA) is 57.5 Å². The van der Waals surface area contributed by atoms with E-state index in [-0.39, 0.29) is 11.6 Å². The minimum absolute atomic E-state index is 0.00242. The van der Waals surface area contributed by atoms with Crippen molar-refractivity contribution in [1.82, 2.24) is 15.5 Å². The van der Waals surface area contributed by atoms with Crippen LogP contribution in [-0.4, -0.2) is 36.1 Å². The fourth-order valence-electron chi connectivity index (χ4n) is 2.55. The van der Waals surface area contributed by atoms with Crippen LogP contribution in [0, 0.1) is 0 Å². The Bertz CT molecular complexity index is 409. The highest BCUT2D eigenvalue weighted by Gasteiger charge is 2.28. The fourth-order valence-corrected chi connectivity index (χ4v) is 2.55. The summed E-state index contributed by atoms with van der Waals surface area (Å²) in [6, 6.07) is 3.51. The molecule has 2 N–H and O–H groups in total. The number of rotatable bonds is 5. The lowest BCUT2D eigenvalue weighted by molar-refractivity contribution is 0.0960. The third kappa shape index (κ3) is 4.27. The first kappa shape index (κ1) is 14.9. The van der Waals surface area contributed by atoms with Crippen LogP contribution in [-0.2, 0) is 6.54 Å². The molecule has 1 fully saturated rings. The minimum atomic E-state index is -0.147. The molecule has 0 aliphatic carbocycles. The van der Waals surface area contributed by atoms with Gasteiger partial charge < -0.3 is 15.1 Å². The Kier molecular flexibility index (Phi) is 5.06. The number of piperidine rings is 1. The summed E-state index contributed by atoms with van der Waals surface area (Å²) in [5.74, 6) is 0.760. The number of furan rings is 1. The van der Waals surface area contributed by atoms with Gasteiger partial charge in [0.25, 0.3) is 0 Å². The van der Waals surface area contributed by atoms with E-state index in [1.165, 1.54) is 19.3 Å². The van der Waals surface area contributed by atoms with Crippen molar-refractivity contribution in [2.24, 2.45) is 0 Å². The molecule has 0 spiro atoms. The number of nitrogens with zero attached hydrogens (tertiary/aromatic N) is 1. The molecule has 1 saturated heterocycles. The summed E-state index contributed by atoms with van der Waals surface area (Å²) >= 11 is 0. The Labute approximate surface area is 120 Å². The number of amides is 2. The van der Waals surface area contributed by atoms with Crippen molar-refractivity contribution in [3.05, 3.63) is 24.2 Å². The highest BCUT2D eigenvalue weighted by atomic mass is 16.3. The molecule has 0 unspecified atom stereocenters. The Morgan fingerprint density at radius 3 is 2.70 bits per heavy atom. The molecule has 2 heterocycles. The first-order valence-electron chi connectivity index (χ1n) is 7.37. The Morgan fingerprint density at radius 2 is 2.05 bits per heavy atom. The maximum absolute atomic E-state index is 11.8. The summed E-state index contributed by atoms with van der Waals surface area (Å²) in [5.41, 5.74) is 0.00242. The number of hydrogen-bond donors (Lipinski definition) is 2. The van der Waals surface area contributed by atoms with Gasteiger partial charge in [-0.15, -0.1) is 0 Å². The Balaban J connectivity index is 1.71. The van der Waals surface area contributed by atoms with Crippen LogP contribution in [0.1, 0.15) is 38.9 Å². The van der Waals surface area contributed by atoms with Crippen molar-refractivity contribution in [2.75, 3.05) is 19.6 Å². The lowest BCUT2D eigenvalue weighted by Crippen LogP contribution is -2.54. The molecular weight excluding hydrogens is 254 g/mol. The van der Waals surface area contributed by atoms with Gasteiger partial charge in [-0.1, -0.05) is 6.42 Å². The Hall–Kier alpha value is -1.49. The molecule has 0 radical (unpaired) electrons. The molecule has 1 aliphatic rings. The van der Waals surface area contributed by atoms with Crippen LogP contribution < -0.4 is 10.6 Å². The normalized spacial score (nSPS) is 16.9. The van der Waals surface area contributed by atoms with E-state index < -0.39 is 0 Å². The van der Waals surface area contributed by atoms with E-state index in [1.54, 1.807) is 6.26 Å². The summed E-state index contributed by atoms with van der Waals surface area (Å²) in [6.45, 7) is 7.70. The molecule has 2 rings (SSSR count). The van der Waals surface area contributed by atoms with Gasteiger partial charge in [-0.2, -0.15) is 0 Å². The number of carbonyl (C=O) groups excluding carboxylic acids is 1. The molecule has 2 amide bonds. The summed E-state index contributed by atoms with van der Waals surface area (Å²) in [7, 11) is 0. The van der Waals surface area contributed by atoms with Gasteiger partial charge >= 0.3 is 6.03 Å². The van der Waals surface area contributed by atoms with Crippen molar-refractivity contribution < 1.29 is 9.21 Å². The SMILES string of the molecule is CC(C)(CNC(=O)NCc1ccco1)N1CCCCC1. The van der Waals surface area contributed by atoms with Crippen molar-refractivity contribution in [3.63, 3.8) is 0 Å². The molecule has 0 bridgehead atoms. The van der Waals surface area contributed by atoms with Gasteiger partial charge in [0.15, 0.2) is 0 Å². The average Bonchev–Trinajstić information content (AvgIpc) is 2.97. The van der Waals surface area contributed by atoms with Crippen LogP contribution in [0.3, 0.4) is 0 Å². The van der Waals surface area contributed by atoms with Gasteiger partial charge in [0, 0.05) is 12.1 Å². The molecule has 0 saturated carbocycles. The van der Waals surface area contributed by atoms with E-state index in [1.807, 2.05) is 12.1 Å². The smallest absolute Gasteiger partial charge is 0.315 e. The number of urea groups is 1. The summed E-state index contributed by atoms with van der Waals surface area (Å²) < 4.78 is 5.17. The molecule has 1 aliphatic heterocycles. The van der Waals surface area contributed by atoms with Crippen molar-refractivity contribution in [1.29, 1.82) is 0 Å². The lowest BCUT2D eigenvalue weighted by atomic mass is 9.98. The standard InChI is InChI=1S/C15H25N3O2/c1-15(2,18-8-4-3-5-9-18)12-17-14(19)16-11-13-7-6-10-20-13/h6-7,10H,3-5,8-9,11-12H2,1-2H3,(H2,16,17,19). The number of nitrogens with one attached hydrogen (secondary N) is 2. The van der Waals surface area contributed by atoms with Gasteiger partial charge in [0.1, 0.15) is 5.76 Å². The quantitative estimate of drug-likeness (QED) is 0.870. The van der Waals surface area contributed by atoms with Crippen molar-refractivity contribution in [2.45, 2.75) is 45.2 Å². The van der Waals surface area contributed by atoms with E-state index in [2.05, 4.69) is 29.4 Å². The summed E-state index contributed by atoms with van der Waals surface area (Å²) in [4.78, 5) is 14.2. The molecular formula is C15H25N3O2. The van der Waals surface area contributed by atoms with Gasteiger partial charge in [0.2, 0.25) is 0 Å². The monoisotopic (exact) mass is 279 g/mol. The molecule has 112 valence electrons. The second kappa shape index (κ2) is 6.79. The van der Waals surface area contributed by atoms with Crippen LogP contribution in [0.25, 0.3) is 0 Å². The van der Waals surface area contributed by atoms with Crippen LogP contribution in [0.5, 0.6) is 0 Å². The maximum Gasteiger partial charge on any atom is 0.315 e. The largest absolute Gasteiger partial charge is 0.467 e. The molecule has 20 heavy (non-hydrogen) atoms. The molecule has 0 atom stereocenters. The van der Waals surface area contributed by atoms with E-state index in [0.29, 0.717) is 13.1 Å². The van der Waals surface area contributed by atoms with E-state index in [0.717, 1.165) is 18.8 Å². The third-order valence-electron chi connectivity index (χ3n) is 3.90. The van der Waals surface area contributed by atoms with Crippen molar-refractivity contribution >= 4 is 6.03 Å². The van der Waals surface area contributed by atoms with Crippen molar-refractivity contribution in [3.8, 4) is 0 Å². The average molecular weight is 279 g/mol. The molecule has 5 nitrogen and oxygen atoms in total. The highest BCUT2D eigenvalue weighted by molar-refractivity contribution is 5.73. The predicted octanol–water partition coefficient (Wildman–Crippen LogP) is 2.34. The lowest BCUT2D eigenvalue weighted by Gasteiger charge is -2.41. The van der Waals surface area contributed by atoms with Crippen LogP contribution in [0.15, 0.2) is 22.8 Å². The van der Waals surface area contributed by atoms with Gasteiger partial charge in [-0.25, -0.2) is 4.79 Å². The predicted molar refractivity (Wildman–Crippen MR) is 78.4 cm³/mol. The zero-order valence-corrected chi connectivity index (χ0v) is 12.4. The maximum atomic E-state index is 11.8. The molecule has 1 aromatic rings. The minimum Gasteiger partial charge on any atom is -0.467 e. The van der Waals surface area contributed by atoms with Gasteiger partial charge in [-0.3, -0.25) is 4.90 Å². The zero-order valence-electron chi connectivity index (χ0n) is 12.4. The highest BCUT2D eigenvalue weighted by Crippen LogP contribution is 2.19. The van der Waals surface area contributed by atoms with Gasteiger partial charge in [-0.05, 0) is 51.9 Å². The van der Waals surface area contributed by atoms with Gasteiger partial charge in [0.05, 0.1) is 12.8 Å². The number of hydrogen-bond acceptors (Lipinski definition) is 3. The summed E-state index contributed by atoms with van der Waals surface area (Å²) in [5, 5.41) is 5.75. The van der Waals surface area contributed by atoms with E-state index in [9.17, 15) is 4.79 Å². The Morgan fingerprint density at radius 1 is 1.30 bits per heavy atom. The molecule has 5 heteroatoms. The second-order valence-corrected chi connectivity index (χ2v) is 5.98. The van der Waals surface area contributed by atoms with E-state index >= 15 is 0 Å². The fraction of sp³-hybridized carbons (Fsp3) is 0.667. The van der Waals surface area contributed by atoms with Crippen LogP contribution in [0.2, 0.25) is 0 Å². The van der Waals surface area contributed by atoms with Crippen LogP contribution in [0.4, 0.5) is 4.79 Å². The molecule has 0 aromatic carbocycles. The van der Waals surface area contributed by atoms with E-state index in [4.69, 9.17) is 4.42 Å². The second-order valence-electron chi connectivity index (χ2n) is 5.98. The van der Waals surface area contributed by atoms with Crippen LogP contribution >= 0.6 is 0 Å². The number of likely N-dealkylation sites (tertiary alicyclic amines) is 1. The number of carbonyl (C=O) groups is 1. The first-order chi connectivity index (χ1) is 9.58. The third-order valence-corrected chi connectivity index (χ3v) is 3.90. The zero-order chi connectivity index (χ0) is 14.4. The molecule has 1 aromatic heterocycles. The summed E-state index contributed by atoms with van der Waals surface area (Å²) in [6.07, 6.45) is 5.44.